The second-order valence-electron chi connectivity index (χ2n) is 6.45. The summed E-state index contributed by atoms with van der Waals surface area (Å²) < 4.78 is 0. The zero-order valence-corrected chi connectivity index (χ0v) is 15.4. The number of carbonyl (C=O) groups is 1. The van der Waals surface area contributed by atoms with Crippen molar-refractivity contribution in [3.05, 3.63) is 89.2 Å². The van der Waals surface area contributed by atoms with Crippen LogP contribution in [0.1, 0.15) is 27.2 Å². The van der Waals surface area contributed by atoms with Crippen LogP contribution in [0.5, 0.6) is 0 Å². The summed E-state index contributed by atoms with van der Waals surface area (Å²) in [6.07, 6.45) is 1.66. The fourth-order valence-electron chi connectivity index (χ4n) is 2.79. The molecule has 0 spiro atoms. The van der Waals surface area contributed by atoms with Crippen LogP contribution in [-0.4, -0.2) is 22.8 Å². The number of benzene rings is 2. The molecule has 1 N–H and O–H groups in total. The van der Waals surface area contributed by atoms with Crippen molar-refractivity contribution in [2.75, 3.05) is 12.4 Å². The van der Waals surface area contributed by atoms with Crippen molar-refractivity contribution in [1.29, 1.82) is 0 Å². The number of amides is 1. The summed E-state index contributed by atoms with van der Waals surface area (Å²) in [4.78, 5) is 18.6. The van der Waals surface area contributed by atoms with Gasteiger partial charge in [0.05, 0.1) is 0 Å². The van der Waals surface area contributed by atoms with Crippen molar-refractivity contribution in [2.24, 2.45) is 0 Å². The summed E-state index contributed by atoms with van der Waals surface area (Å²) in [7, 11) is 1.79. The molecular weight excluding hydrogens is 322 g/mol. The molecule has 0 atom stereocenters. The third-order valence-corrected chi connectivity index (χ3v) is 4.47. The smallest absolute Gasteiger partial charge is 0.272 e. The largest absolute Gasteiger partial charge is 0.355 e. The monoisotopic (exact) mass is 345 g/mol. The van der Waals surface area contributed by atoms with Crippen molar-refractivity contribution in [1.82, 2.24) is 9.88 Å². The lowest BCUT2D eigenvalue weighted by atomic mass is 10.1. The summed E-state index contributed by atoms with van der Waals surface area (Å²) in [5, 5.41) is 3.39. The lowest BCUT2D eigenvalue weighted by molar-refractivity contribution is 0.0779. The van der Waals surface area contributed by atoms with E-state index in [1.165, 1.54) is 11.1 Å². The molecule has 0 aliphatic heterocycles. The predicted molar refractivity (Wildman–Crippen MR) is 106 cm³/mol. The third kappa shape index (κ3) is 4.09. The van der Waals surface area contributed by atoms with E-state index in [0.29, 0.717) is 12.2 Å². The Hall–Kier alpha value is -3.14. The Kier molecular flexibility index (Phi) is 5.32. The topological polar surface area (TPSA) is 45.2 Å². The summed E-state index contributed by atoms with van der Waals surface area (Å²) >= 11 is 0. The van der Waals surface area contributed by atoms with Crippen LogP contribution in [0, 0.1) is 13.8 Å². The molecule has 0 aliphatic carbocycles. The number of pyridine rings is 1. The molecule has 26 heavy (non-hydrogen) atoms. The molecule has 0 bridgehead atoms. The number of rotatable bonds is 5. The first-order chi connectivity index (χ1) is 12.5. The number of carbonyl (C=O) groups excluding carboxylic acids is 1. The molecule has 3 rings (SSSR count). The first-order valence-corrected chi connectivity index (χ1v) is 8.63. The number of nitrogens with zero attached hydrogens (tertiary/aromatic N) is 2. The van der Waals surface area contributed by atoms with Gasteiger partial charge in [0.25, 0.3) is 5.91 Å². The van der Waals surface area contributed by atoms with Crippen molar-refractivity contribution in [2.45, 2.75) is 20.4 Å². The normalized spacial score (nSPS) is 10.4. The SMILES string of the molecule is Cc1cccc(Nc2ccnc(C(=O)N(C)Cc3ccccc3)c2)c1C. The Bertz CT molecular complexity index is 906. The Morgan fingerprint density at radius 2 is 1.81 bits per heavy atom. The van der Waals surface area contributed by atoms with Gasteiger partial charge in [-0.3, -0.25) is 9.78 Å². The van der Waals surface area contributed by atoms with Crippen molar-refractivity contribution in [3.63, 3.8) is 0 Å². The molecule has 0 aliphatic rings. The Morgan fingerprint density at radius 1 is 1.04 bits per heavy atom. The van der Waals surface area contributed by atoms with E-state index < -0.39 is 0 Å². The first-order valence-electron chi connectivity index (χ1n) is 8.63. The highest BCUT2D eigenvalue weighted by atomic mass is 16.2. The number of hydrogen-bond donors (Lipinski definition) is 1. The van der Waals surface area contributed by atoms with E-state index in [4.69, 9.17) is 0 Å². The van der Waals surface area contributed by atoms with Crippen LogP contribution in [0.25, 0.3) is 0 Å². The molecule has 3 aromatic rings. The number of hydrogen-bond acceptors (Lipinski definition) is 3. The van der Waals surface area contributed by atoms with Crippen molar-refractivity contribution < 1.29 is 4.79 Å². The minimum Gasteiger partial charge on any atom is -0.355 e. The number of anilines is 2. The molecule has 1 aromatic heterocycles. The summed E-state index contributed by atoms with van der Waals surface area (Å²) in [5.74, 6) is -0.0986. The van der Waals surface area contributed by atoms with Gasteiger partial charge >= 0.3 is 0 Å². The maximum Gasteiger partial charge on any atom is 0.272 e. The van der Waals surface area contributed by atoms with E-state index in [1.807, 2.05) is 48.5 Å². The lowest BCUT2D eigenvalue weighted by Crippen LogP contribution is -2.27. The second kappa shape index (κ2) is 7.83. The molecule has 1 amide bonds. The van der Waals surface area contributed by atoms with Gasteiger partial charge in [0.2, 0.25) is 0 Å². The highest BCUT2D eigenvalue weighted by Crippen LogP contribution is 2.23. The maximum absolute atomic E-state index is 12.7. The quantitative estimate of drug-likeness (QED) is 0.728. The molecular formula is C22H23N3O. The minimum absolute atomic E-state index is 0.0986. The highest BCUT2D eigenvalue weighted by Gasteiger charge is 2.14. The van der Waals surface area contributed by atoms with E-state index in [0.717, 1.165) is 16.9 Å². The van der Waals surface area contributed by atoms with Crippen LogP contribution in [-0.2, 0) is 6.54 Å². The van der Waals surface area contributed by atoms with E-state index in [2.05, 4.69) is 30.2 Å². The van der Waals surface area contributed by atoms with Gasteiger partial charge < -0.3 is 10.2 Å². The average molecular weight is 345 g/mol. The number of aryl methyl sites for hydroxylation is 1. The van der Waals surface area contributed by atoms with Gasteiger partial charge in [-0.1, -0.05) is 42.5 Å². The first kappa shape index (κ1) is 17.7. The lowest BCUT2D eigenvalue weighted by Gasteiger charge is -2.17. The molecule has 0 radical (unpaired) electrons. The van der Waals surface area contributed by atoms with Gasteiger partial charge in [0.1, 0.15) is 5.69 Å². The number of nitrogens with one attached hydrogen (secondary N) is 1. The third-order valence-electron chi connectivity index (χ3n) is 4.47. The van der Waals surface area contributed by atoms with Crippen LogP contribution < -0.4 is 5.32 Å². The molecule has 1 heterocycles. The van der Waals surface area contributed by atoms with Gasteiger partial charge in [-0.05, 0) is 48.7 Å². The molecule has 0 unspecified atom stereocenters. The molecule has 4 heteroatoms. The van der Waals surface area contributed by atoms with Gasteiger partial charge in [-0.15, -0.1) is 0 Å². The fraction of sp³-hybridized carbons (Fsp3) is 0.182. The van der Waals surface area contributed by atoms with Crippen LogP contribution in [0.4, 0.5) is 11.4 Å². The van der Waals surface area contributed by atoms with Crippen LogP contribution in [0.3, 0.4) is 0 Å². The fourth-order valence-corrected chi connectivity index (χ4v) is 2.79. The number of aromatic nitrogens is 1. The van der Waals surface area contributed by atoms with Gasteiger partial charge in [0, 0.05) is 31.2 Å². The van der Waals surface area contributed by atoms with Crippen LogP contribution >= 0.6 is 0 Å². The van der Waals surface area contributed by atoms with E-state index >= 15 is 0 Å². The van der Waals surface area contributed by atoms with E-state index in [-0.39, 0.29) is 5.91 Å². The van der Waals surface area contributed by atoms with Gasteiger partial charge in [-0.25, -0.2) is 0 Å². The standard InChI is InChI=1S/C22H23N3O/c1-16-8-7-11-20(17(16)2)24-19-12-13-23-21(14-19)22(26)25(3)15-18-9-5-4-6-10-18/h4-14H,15H2,1-3H3,(H,23,24). The van der Waals surface area contributed by atoms with E-state index in [1.54, 1.807) is 24.2 Å². The molecule has 132 valence electrons. The zero-order chi connectivity index (χ0) is 18.5. The highest BCUT2D eigenvalue weighted by molar-refractivity contribution is 5.93. The minimum atomic E-state index is -0.0986. The van der Waals surface area contributed by atoms with Crippen LogP contribution in [0.15, 0.2) is 66.9 Å². The maximum atomic E-state index is 12.7. The molecule has 0 saturated carbocycles. The van der Waals surface area contributed by atoms with E-state index in [9.17, 15) is 4.79 Å². The predicted octanol–water partition coefficient (Wildman–Crippen LogP) is 4.71. The van der Waals surface area contributed by atoms with Gasteiger partial charge in [0.15, 0.2) is 0 Å². The second-order valence-corrected chi connectivity index (χ2v) is 6.45. The molecule has 2 aromatic carbocycles. The molecule has 0 saturated heterocycles. The van der Waals surface area contributed by atoms with Crippen molar-refractivity contribution >= 4 is 17.3 Å². The average Bonchev–Trinajstić information content (AvgIpc) is 2.66. The molecule has 0 fully saturated rings. The Balaban J connectivity index is 1.76. The Labute approximate surface area is 154 Å². The Morgan fingerprint density at radius 3 is 2.58 bits per heavy atom. The zero-order valence-electron chi connectivity index (χ0n) is 15.4. The summed E-state index contributed by atoms with van der Waals surface area (Å²) in [6, 6.07) is 19.7. The summed E-state index contributed by atoms with van der Waals surface area (Å²) in [6.45, 7) is 4.72. The van der Waals surface area contributed by atoms with Crippen LogP contribution in [0.2, 0.25) is 0 Å². The van der Waals surface area contributed by atoms with Gasteiger partial charge in [-0.2, -0.15) is 0 Å². The van der Waals surface area contributed by atoms with Crippen molar-refractivity contribution in [3.8, 4) is 0 Å². The molecule has 4 nitrogen and oxygen atoms in total. The summed E-state index contributed by atoms with van der Waals surface area (Å²) in [5.41, 5.74) is 5.82.